The van der Waals surface area contributed by atoms with Gasteiger partial charge < -0.3 is 19.5 Å². The molecule has 0 radical (unpaired) electrons. The van der Waals surface area contributed by atoms with E-state index in [-0.39, 0.29) is 23.2 Å². The van der Waals surface area contributed by atoms with Crippen molar-refractivity contribution in [3.8, 4) is 11.5 Å². The molecule has 4 amide bonds. The highest BCUT2D eigenvalue weighted by molar-refractivity contribution is 8.00. The normalized spacial score (nSPS) is 16.3. The Bertz CT molecular complexity index is 1610. The van der Waals surface area contributed by atoms with E-state index in [2.05, 4.69) is 30.9 Å². The minimum atomic E-state index is -0.642. The SMILES string of the molecule is CN(C)CCn1cnc(C2Cc3nccc(Oc4ccc(NC(=O)N5CCN(c6ccccc6)C5=O)cc4F)c3S2)c1. The Kier molecular flexibility index (Phi) is 7.81. The van der Waals surface area contributed by atoms with Gasteiger partial charge in [-0.1, -0.05) is 18.2 Å². The lowest BCUT2D eigenvalue weighted by Crippen LogP contribution is -2.39. The molecule has 10 nitrogen and oxygen atoms in total. The second kappa shape index (κ2) is 11.8. The first-order chi connectivity index (χ1) is 20.4. The van der Waals surface area contributed by atoms with Crippen molar-refractivity contribution in [1.29, 1.82) is 0 Å². The molecule has 0 bridgehead atoms. The largest absolute Gasteiger partial charge is 0.453 e. The zero-order chi connectivity index (χ0) is 29.2. The molecular weight excluding hydrogens is 557 g/mol. The van der Waals surface area contributed by atoms with E-state index in [1.54, 1.807) is 30.1 Å². The highest BCUT2D eigenvalue weighted by atomic mass is 32.2. The third-order valence-electron chi connectivity index (χ3n) is 7.09. The second-order valence-electron chi connectivity index (χ2n) is 10.3. The molecule has 2 aromatic heterocycles. The Labute approximate surface area is 247 Å². The number of para-hydroxylation sites is 1. The first-order valence-corrected chi connectivity index (χ1v) is 14.5. The van der Waals surface area contributed by atoms with Crippen LogP contribution in [0.2, 0.25) is 0 Å². The Morgan fingerprint density at radius 1 is 1.12 bits per heavy atom. The molecule has 1 fully saturated rings. The molecule has 12 heteroatoms. The maximum atomic E-state index is 15.1. The third kappa shape index (κ3) is 5.81. The van der Waals surface area contributed by atoms with Crippen LogP contribution in [-0.4, -0.2) is 70.1 Å². The highest BCUT2D eigenvalue weighted by Gasteiger charge is 2.34. The van der Waals surface area contributed by atoms with Gasteiger partial charge in [-0.2, -0.15) is 0 Å². The molecule has 42 heavy (non-hydrogen) atoms. The minimum absolute atomic E-state index is 0.0194. The summed E-state index contributed by atoms with van der Waals surface area (Å²) in [5.74, 6) is -0.110. The smallest absolute Gasteiger partial charge is 0.332 e. The molecule has 216 valence electrons. The summed E-state index contributed by atoms with van der Waals surface area (Å²) in [5.41, 5.74) is 2.79. The number of imide groups is 1. The molecule has 0 saturated carbocycles. The summed E-state index contributed by atoms with van der Waals surface area (Å²) < 4.78 is 23.2. The van der Waals surface area contributed by atoms with E-state index in [0.29, 0.717) is 24.4 Å². The molecule has 4 heterocycles. The Hall–Kier alpha value is -4.42. The van der Waals surface area contributed by atoms with E-state index in [0.717, 1.165) is 34.3 Å². The molecule has 6 rings (SSSR count). The number of nitrogens with one attached hydrogen (secondary N) is 1. The maximum Gasteiger partial charge on any atom is 0.332 e. The van der Waals surface area contributed by atoms with Crippen LogP contribution in [0.1, 0.15) is 16.6 Å². The number of fused-ring (bicyclic) bond motifs is 1. The standard InChI is InChI=1S/C30H30FN7O3S/c1-35(2)12-13-36-18-24(33-19-36)27-17-23-28(42-27)26(10-11-32-23)41-25-9-8-20(16-22(25)31)34-29(39)38-15-14-37(30(38)40)21-6-4-3-5-7-21/h3-11,16,18-19,27H,12-15,17H2,1-2H3,(H,34,39). The highest BCUT2D eigenvalue weighted by Crippen LogP contribution is 2.50. The van der Waals surface area contributed by atoms with Crippen LogP contribution in [0.3, 0.4) is 0 Å². The van der Waals surface area contributed by atoms with Crippen LogP contribution in [0, 0.1) is 5.82 Å². The van der Waals surface area contributed by atoms with Crippen LogP contribution in [0.25, 0.3) is 0 Å². The summed E-state index contributed by atoms with van der Waals surface area (Å²) in [5, 5.41) is 2.71. The number of likely N-dealkylation sites (N-methyl/N-ethyl adjacent to an activating group) is 1. The first kappa shape index (κ1) is 27.7. The summed E-state index contributed by atoms with van der Waals surface area (Å²) >= 11 is 1.61. The molecule has 2 aliphatic rings. The predicted octanol–water partition coefficient (Wildman–Crippen LogP) is 5.63. The number of ether oxygens (including phenoxy) is 1. The van der Waals surface area contributed by atoms with Crippen LogP contribution in [0.4, 0.5) is 25.4 Å². The summed E-state index contributed by atoms with van der Waals surface area (Å²) in [7, 11) is 4.08. The summed E-state index contributed by atoms with van der Waals surface area (Å²) in [4.78, 5) is 40.4. The van der Waals surface area contributed by atoms with Crippen LogP contribution in [0.15, 0.2) is 78.2 Å². The molecular formula is C30H30FN7O3S. The zero-order valence-electron chi connectivity index (χ0n) is 23.2. The number of rotatable bonds is 8. The molecule has 1 unspecified atom stereocenters. The van der Waals surface area contributed by atoms with Gasteiger partial charge in [0.15, 0.2) is 11.6 Å². The predicted molar refractivity (Wildman–Crippen MR) is 159 cm³/mol. The van der Waals surface area contributed by atoms with Gasteiger partial charge in [0.2, 0.25) is 0 Å². The zero-order valence-corrected chi connectivity index (χ0v) is 24.1. The number of nitrogens with zero attached hydrogens (tertiary/aromatic N) is 6. The van der Waals surface area contributed by atoms with E-state index in [1.165, 1.54) is 17.0 Å². The molecule has 2 aliphatic heterocycles. The van der Waals surface area contributed by atoms with Gasteiger partial charge in [0.25, 0.3) is 0 Å². The van der Waals surface area contributed by atoms with E-state index >= 15 is 4.39 Å². The fourth-order valence-corrected chi connectivity index (χ4v) is 6.14. The lowest BCUT2D eigenvalue weighted by atomic mass is 10.2. The lowest BCUT2D eigenvalue weighted by Gasteiger charge is -2.18. The number of hydrogen-bond acceptors (Lipinski definition) is 7. The summed E-state index contributed by atoms with van der Waals surface area (Å²) in [6.07, 6.45) is 6.27. The lowest BCUT2D eigenvalue weighted by molar-refractivity contribution is 0.209. The molecule has 0 spiro atoms. The van der Waals surface area contributed by atoms with Crippen molar-refractivity contribution in [3.05, 3.63) is 90.5 Å². The number of pyridine rings is 1. The number of thioether (sulfide) groups is 1. The average Bonchev–Trinajstić information content (AvgIpc) is 3.72. The van der Waals surface area contributed by atoms with Crippen LogP contribution >= 0.6 is 11.8 Å². The molecule has 1 saturated heterocycles. The van der Waals surface area contributed by atoms with Gasteiger partial charge >= 0.3 is 12.1 Å². The van der Waals surface area contributed by atoms with Gasteiger partial charge in [0.1, 0.15) is 5.75 Å². The Morgan fingerprint density at radius 3 is 2.74 bits per heavy atom. The minimum Gasteiger partial charge on any atom is -0.453 e. The molecule has 0 aliphatic carbocycles. The Balaban J connectivity index is 1.10. The van der Waals surface area contributed by atoms with E-state index in [9.17, 15) is 9.59 Å². The molecule has 1 atom stereocenters. The Morgan fingerprint density at radius 2 is 1.95 bits per heavy atom. The quantitative estimate of drug-likeness (QED) is 0.285. The second-order valence-corrected chi connectivity index (χ2v) is 11.5. The van der Waals surface area contributed by atoms with Gasteiger partial charge in [-0.25, -0.2) is 23.9 Å². The first-order valence-electron chi connectivity index (χ1n) is 13.6. The fourth-order valence-electron chi connectivity index (χ4n) is 4.87. The van der Waals surface area contributed by atoms with Crippen molar-refractivity contribution < 1.29 is 18.7 Å². The van der Waals surface area contributed by atoms with Gasteiger partial charge in [0, 0.05) is 62.0 Å². The topological polar surface area (TPSA) is 95.8 Å². The number of hydrogen-bond donors (Lipinski definition) is 1. The van der Waals surface area contributed by atoms with Crippen molar-refractivity contribution in [2.24, 2.45) is 0 Å². The van der Waals surface area contributed by atoms with Gasteiger partial charge in [-0.05, 0) is 38.4 Å². The number of aromatic nitrogens is 3. The number of halogens is 1. The number of urea groups is 2. The molecule has 4 aromatic rings. The van der Waals surface area contributed by atoms with Gasteiger partial charge in [-0.3, -0.25) is 9.88 Å². The number of carbonyl (C=O) groups excluding carboxylic acids is 2. The van der Waals surface area contributed by atoms with E-state index in [1.807, 2.05) is 50.8 Å². The number of carbonyl (C=O) groups is 2. The van der Waals surface area contributed by atoms with Crippen LogP contribution in [-0.2, 0) is 13.0 Å². The van der Waals surface area contributed by atoms with Crippen LogP contribution in [0.5, 0.6) is 11.5 Å². The van der Waals surface area contributed by atoms with Crippen LogP contribution < -0.4 is 15.0 Å². The van der Waals surface area contributed by atoms with E-state index < -0.39 is 17.9 Å². The molecule has 1 N–H and O–H groups in total. The van der Waals surface area contributed by atoms with Gasteiger partial charge in [0.05, 0.1) is 34.4 Å². The maximum absolute atomic E-state index is 15.1. The van der Waals surface area contributed by atoms with Gasteiger partial charge in [-0.15, -0.1) is 11.8 Å². The van der Waals surface area contributed by atoms with Crippen molar-refractivity contribution in [3.63, 3.8) is 0 Å². The average molecular weight is 588 g/mol. The fraction of sp³-hybridized carbons (Fsp3) is 0.267. The summed E-state index contributed by atoms with van der Waals surface area (Å²) in [6, 6.07) is 14.0. The number of amides is 4. The number of benzene rings is 2. The van der Waals surface area contributed by atoms with Crippen molar-refractivity contribution in [1.82, 2.24) is 24.3 Å². The van der Waals surface area contributed by atoms with E-state index in [4.69, 9.17) is 4.74 Å². The molecule has 2 aromatic carbocycles. The summed E-state index contributed by atoms with van der Waals surface area (Å²) in [6.45, 7) is 2.38. The van der Waals surface area contributed by atoms with Crippen molar-refractivity contribution in [2.75, 3.05) is 43.9 Å². The number of anilines is 2. The number of imidazole rings is 1. The van der Waals surface area contributed by atoms with Crippen molar-refractivity contribution >= 4 is 35.2 Å². The van der Waals surface area contributed by atoms with Crippen molar-refractivity contribution in [2.45, 2.75) is 23.1 Å². The third-order valence-corrected chi connectivity index (χ3v) is 8.46. The monoisotopic (exact) mass is 587 g/mol.